The number of carbonyl (C=O) groups excluding carboxylic acids is 2. The van der Waals surface area contributed by atoms with E-state index in [-0.39, 0.29) is 24.3 Å². The molecule has 6 heteroatoms. The molecule has 0 bridgehead atoms. The lowest BCUT2D eigenvalue weighted by atomic mass is 10.1. The second-order valence-corrected chi connectivity index (χ2v) is 5.10. The summed E-state index contributed by atoms with van der Waals surface area (Å²) >= 11 is 0. The average Bonchev–Trinajstić information content (AvgIpc) is 2.97. The molecule has 1 fully saturated rings. The molecule has 0 radical (unpaired) electrons. The van der Waals surface area contributed by atoms with Gasteiger partial charge in [0.05, 0.1) is 5.69 Å². The van der Waals surface area contributed by atoms with Crippen LogP contribution in [0.2, 0.25) is 0 Å². The molecule has 2 N–H and O–H groups in total. The predicted octanol–water partition coefficient (Wildman–Crippen LogP) is 0.838. The van der Waals surface area contributed by atoms with E-state index in [1.54, 1.807) is 4.68 Å². The van der Waals surface area contributed by atoms with Crippen LogP contribution in [0.3, 0.4) is 0 Å². The highest BCUT2D eigenvalue weighted by molar-refractivity contribution is 5.83. The smallest absolute Gasteiger partial charge is 0.260 e. The zero-order valence-electron chi connectivity index (χ0n) is 11.4. The molecule has 0 saturated heterocycles. The molecule has 0 unspecified atom stereocenters. The Morgan fingerprint density at radius 2 is 2.00 bits per heavy atom. The molecule has 6 nitrogen and oxygen atoms in total. The van der Waals surface area contributed by atoms with E-state index >= 15 is 0 Å². The number of nitrogens with zero attached hydrogens (tertiary/aromatic N) is 2. The second kappa shape index (κ2) is 5.86. The minimum Gasteiger partial charge on any atom is -0.273 e. The number of amides is 2. The summed E-state index contributed by atoms with van der Waals surface area (Å²) < 4.78 is 1.62. The highest BCUT2D eigenvalue weighted by Gasteiger charge is 2.22. The van der Waals surface area contributed by atoms with E-state index in [4.69, 9.17) is 0 Å². The fourth-order valence-corrected chi connectivity index (χ4v) is 2.43. The first-order chi connectivity index (χ1) is 9.06. The van der Waals surface area contributed by atoms with Crippen molar-refractivity contribution in [2.45, 2.75) is 46.1 Å². The van der Waals surface area contributed by atoms with Gasteiger partial charge in [-0.25, -0.2) is 0 Å². The third-order valence-corrected chi connectivity index (χ3v) is 3.45. The summed E-state index contributed by atoms with van der Waals surface area (Å²) in [5.74, 6) is -0.300. The molecule has 1 heterocycles. The SMILES string of the molecule is Cc1cc(C)n(CC(=O)NNC(=O)C2CCCC2)n1. The molecule has 2 rings (SSSR count). The topological polar surface area (TPSA) is 76.0 Å². The average molecular weight is 264 g/mol. The van der Waals surface area contributed by atoms with Crippen molar-refractivity contribution in [2.24, 2.45) is 5.92 Å². The van der Waals surface area contributed by atoms with Crippen LogP contribution in [0.4, 0.5) is 0 Å². The van der Waals surface area contributed by atoms with E-state index in [9.17, 15) is 9.59 Å². The van der Waals surface area contributed by atoms with Crippen molar-refractivity contribution in [2.75, 3.05) is 0 Å². The van der Waals surface area contributed by atoms with Gasteiger partial charge in [-0.05, 0) is 32.8 Å². The molecule has 0 aromatic carbocycles. The van der Waals surface area contributed by atoms with Crippen molar-refractivity contribution in [3.05, 3.63) is 17.5 Å². The van der Waals surface area contributed by atoms with Crippen LogP contribution in [-0.2, 0) is 16.1 Å². The Morgan fingerprint density at radius 3 is 2.58 bits per heavy atom. The minimum absolute atomic E-state index is 0.0500. The van der Waals surface area contributed by atoms with Crippen LogP contribution in [0.25, 0.3) is 0 Å². The van der Waals surface area contributed by atoms with Crippen LogP contribution < -0.4 is 10.9 Å². The van der Waals surface area contributed by atoms with Crippen LogP contribution in [0.1, 0.15) is 37.1 Å². The van der Waals surface area contributed by atoms with Gasteiger partial charge in [-0.1, -0.05) is 12.8 Å². The molecule has 1 aromatic heterocycles. The van der Waals surface area contributed by atoms with Crippen LogP contribution in [0, 0.1) is 19.8 Å². The summed E-state index contributed by atoms with van der Waals surface area (Å²) in [5.41, 5.74) is 6.74. The first kappa shape index (κ1) is 13.6. The number of hydrogen-bond acceptors (Lipinski definition) is 3. The van der Waals surface area contributed by atoms with E-state index in [0.717, 1.165) is 37.1 Å². The van der Waals surface area contributed by atoms with Gasteiger partial charge >= 0.3 is 0 Å². The van der Waals surface area contributed by atoms with Gasteiger partial charge in [0.15, 0.2) is 0 Å². The van der Waals surface area contributed by atoms with Crippen LogP contribution in [-0.4, -0.2) is 21.6 Å². The molecular formula is C13H20N4O2. The second-order valence-electron chi connectivity index (χ2n) is 5.10. The Bertz CT molecular complexity index is 475. The third kappa shape index (κ3) is 3.56. The Balaban J connectivity index is 1.78. The molecule has 104 valence electrons. The summed E-state index contributed by atoms with van der Waals surface area (Å²) in [6.07, 6.45) is 4.02. The van der Waals surface area contributed by atoms with Crippen molar-refractivity contribution in [1.82, 2.24) is 20.6 Å². The molecule has 19 heavy (non-hydrogen) atoms. The van der Waals surface area contributed by atoms with E-state index in [1.165, 1.54) is 0 Å². The van der Waals surface area contributed by atoms with Crippen LogP contribution >= 0.6 is 0 Å². The lowest BCUT2D eigenvalue weighted by molar-refractivity contribution is -0.131. The number of hydrazine groups is 1. The van der Waals surface area contributed by atoms with Gasteiger partial charge in [0.1, 0.15) is 6.54 Å². The van der Waals surface area contributed by atoms with E-state index in [1.807, 2.05) is 19.9 Å². The van der Waals surface area contributed by atoms with Gasteiger partial charge in [-0.3, -0.25) is 25.1 Å². The predicted molar refractivity (Wildman–Crippen MR) is 69.9 cm³/mol. The minimum atomic E-state index is -0.266. The van der Waals surface area contributed by atoms with Crippen molar-refractivity contribution in [3.63, 3.8) is 0 Å². The summed E-state index contributed by atoms with van der Waals surface area (Å²) in [6, 6.07) is 1.91. The van der Waals surface area contributed by atoms with Crippen LogP contribution in [0.5, 0.6) is 0 Å². The Kier molecular flexibility index (Phi) is 4.19. The Hall–Kier alpha value is -1.85. The zero-order valence-corrected chi connectivity index (χ0v) is 11.4. The lowest BCUT2D eigenvalue weighted by Gasteiger charge is -2.11. The fourth-order valence-electron chi connectivity index (χ4n) is 2.43. The molecule has 0 atom stereocenters. The number of nitrogens with one attached hydrogen (secondary N) is 2. The van der Waals surface area contributed by atoms with Gasteiger partial charge in [-0.2, -0.15) is 5.10 Å². The number of aromatic nitrogens is 2. The number of carbonyl (C=O) groups is 2. The van der Waals surface area contributed by atoms with Crippen molar-refractivity contribution < 1.29 is 9.59 Å². The third-order valence-electron chi connectivity index (χ3n) is 3.45. The summed E-state index contributed by atoms with van der Waals surface area (Å²) in [5, 5.41) is 4.20. The fraction of sp³-hybridized carbons (Fsp3) is 0.615. The lowest BCUT2D eigenvalue weighted by Crippen LogP contribution is -2.45. The van der Waals surface area contributed by atoms with Gasteiger partial charge < -0.3 is 0 Å². The van der Waals surface area contributed by atoms with Gasteiger partial charge in [0, 0.05) is 11.6 Å². The molecule has 1 saturated carbocycles. The van der Waals surface area contributed by atoms with Gasteiger partial charge in [-0.15, -0.1) is 0 Å². The van der Waals surface area contributed by atoms with Crippen molar-refractivity contribution in [3.8, 4) is 0 Å². The molecular weight excluding hydrogens is 244 g/mol. The van der Waals surface area contributed by atoms with Crippen LogP contribution in [0.15, 0.2) is 6.07 Å². The normalized spacial score (nSPS) is 15.5. The first-order valence-corrected chi connectivity index (χ1v) is 6.66. The maximum Gasteiger partial charge on any atom is 0.260 e. The Labute approximate surface area is 112 Å². The van der Waals surface area contributed by atoms with Crippen molar-refractivity contribution >= 4 is 11.8 Å². The Morgan fingerprint density at radius 1 is 1.32 bits per heavy atom. The van der Waals surface area contributed by atoms with E-state index in [0.29, 0.717) is 0 Å². The van der Waals surface area contributed by atoms with Crippen molar-refractivity contribution in [1.29, 1.82) is 0 Å². The van der Waals surface area contributed by atoms with E-state index in [2.05, 4.69) is 16.0 Å². The maximum absolute atomic E-state index is 11.7. The number of aryl methyl sites for hydroxylation is 2. The monoisotopic (exact) mass is 264 g/mol. The summed E-state index contributed by atoms with van der Waals surface area (Å²) in [4.78, 5) is 23.4. The highest BCUT2D eigenvalue weighted by Crippen LogP contribution is 2.24. The first-order valence-electron chi connectivity index (χ1n) is 6.66. The van der Waals surface area contributed by atoms with Gasteiger partial charge in [0.25, 0.3) is 5.91 Å². The molecule has 0 aliphatic heterocycles. The summed E-state index contributed by atoms with van der Waals surface area (Å²) in [6.45, 7) is 3.89. The quantitative estimate of drug-likeness (QED) is 0.794. The zero-order chi connectivity index (χ0) is 13.8. The maximum atomic E-state index is 11.7. The number of hydrogen-bond donors (Lipinski definition) is 2. The number of rotatable bonds is 3. The molecule has 1 aromatic rings. The summed E-state index contributed by atoms with van der Waals surface area (Å²) in [7, 11) is 0. The molecule has 1 aliphatic carbocycles. The molecule has 0 spiro atoms. The molecule has 2 amide bonds. The standard InChI is InChI=1S/C13H20N4O2/c1-9-7-10(2)17(16-9)8-12(18)14-15-13(19)11-5-3-4-6-11/h7,11H,3-6,8H2,1-2H3,(H,14,18)(H,15,19). The molecule has 1 aliphatic rings. The van der Waals surface area contributed by atoms with Gasteiger partial charge in [0.2, 0.25) is 5.91 Å². The largest absolute Gasteiger partial charge is 0.273 e. The highest BCUT2D eigenvalue weighted by atomic mass is 16.2. The van der Waals surface area contributed by atoms with E-state index < -0.39 is 0 Å².